The van der Waals surface area contributed by atoms with Crippen molar-refractivity contribution in [2.45, 2.75) is 6.36 Å². The van der Waals surface area contributed by atoms with Crippen LogP contribution in [0.25, 0.3) is 0 Å². The van der Waals surface area contributed by atoms with Crippen LogP contribution in [-0.2, 0) is 4.74 Å². The van der Waals surface area contributed by atoms with Crippen LogP contribution in [-0.4, -0.2) is 6.36 Å². The maximum absolute atomic E-state index is 11.1. The number of hydrogen-bond acceptors (Lipinski definition) is 1. The minimum absolute atomic E-state index is 1.85. The molecule has 0 aliphatic rings. The van der Waals surface area contributed by atoms with Gasteiger partial charge in [-0.25, -0.2) is 0 Å². The molecule has 0 bridgehead atoms. The third kappa shape index (κ3) is 5.26. The van der Waals surface area contributed by atoms with E-state index in [0.717, 1.165) is 0 Å². The van der Waals surface area contributed by atoms with Crippen LogP contribution < -0.4 is 0 Å². The van der Waals surface area contributed by atoms with E-state index in [1.165, 1.54) is 0 Å². The molecule has 0 unspecified atom stereocenters. The number of halogens is 4. The Balaban J connectivity index is 3.55. The molecule has 0 heterocycles. The Kier molecular flexibility index (Phi) is 1.83. The molecule has 1 nitrogen and oxygen atoms in total. The van der Waals surface area contributed by atoms with E-state index in [9.17, 15) is 17.6 Å². The summed E-state index contributed by atoms with van der Waals surface area (Å²) in [6, 6.07) is -1.85. The lowest BCUT2D eigenvalue weighted by molar-refractivity contribution is -0.313. The summed E-state index contributed by atoms with van der Waals surface area (Å²) in [5.41, 5.74) is 0. The lowest BCUT2D eigenvalue weighted by atomic mass is 11.1. The number of hydrogen-bond donors (Lipinski definition) is 0. The summed E-state index contributed by atoms with van der Waals surface area (Å²) in [4.78, 5) is 0. The highest BCUT2D eigenvalue weighted by Crippen LogP contribution is 2.19. The molecule has 0 fully saturated rings. The van der Waals surface area contributed by atoms with Crippen molar-refractivity contribution in [2.75, 3.05) is 0 Å². The van der Waals surface area contributed by atoms with Crippen LogP contribution in [0.3, 0.4) is 0 Å². The number of ether oxygens (including phenoxy) is 1. The summed E-state index contributed by atoms with van der Waals surface area (Å²) in [6.45, 7) is 2.23. The van der Waals surface area contributed by atoms with Crippen molar-refractivity contribution in [1.82, 2.24) is 0 Å². The quantitative estimate of drug-likeness (QED) is 0.389. The molecule has 0 atom stereocenters. The summed E-state index contributed by atoms with van der Waals surface area (Å²) >= 11 is 0. The van der Waals surface area contributed by atoms with E-state index >= 15 is 0 Å². The number of alkyl halides is 3. The zero-order valence-electron chi connectivity index (χ0n) is 3.63. The van der Waals surface area contributed by atoms with E-state index in [-0.39, 0.29) is 0 Å². The van der Waals surface area contributed by atoms with Crippen molar-refractivity contribution in [2.24, 2.45) is 0 Å². The maximum atomic E-state index is 11.1. The summed E-state index contributed by atoms with van der Waals surface area (Å²) in [5.74, 6) is 0. The molecule has 0 rings (SSSR count). The topological polar surface area (TPSA) is 9.23 Å². The van der Waals surface area contributed by atoms with Crippen molar-refractivity contribution in [3.05, 3.63) is 12.6 Å². The molecule has 0 aromatic carbocycles. The van der Waals surface area contributed by atoms with Gasteiger partial charge >= 0.3 is 6.36 Å². The van der Waals surface area contributed by atoms with E-state index in [4.69, 9.17) is 0 Å². The molecule has 0 saturated heterocycles. The van der Waals surface area contributed by atoms with Crippen LogP contribution in [0.4, 0.5) is 17.6 Å². The molecule has 0 aromatic heterocycles. The molecule has 8 heavy (non-hydrogen) atoms. The van der Waals surface area contributed by atoms with Gasteiger partial charge < -0.3 is 4.74 Å². The van der Waals surface area contributed by atoms with Crippen LogP contribution >= 0.6 is 0 Å². The third-order valence-corrected chi connectivity index (χ3v) is 0.226. The van der Waals surface area contributed by atoms with Crippen LogP contribution in [0, 0.1) is 0 Å². The van der Waals surface area contributed by atoms with Crippen LogP contribution in [0.2, 0.25) is 0 Å². The van der Waals surface area contributed by atoms with E-state index < -0.39 is 12.4 Å². The lowest BCUT2D eigenvalue weighted by Crippen LogP contribution is -2.10. The highest BCUT2D eigenvalue weighted by atomic mass is 19.4. The van der Waals surface area contributed by atoms with E-state index in [2.05, 4.69) is 11.3 Å². The van der Waals surface area contributed by atoms with Gasteiger partial charge in [0.15, 0.2) is 0 Å². The first-order valence-electron chi connectivity index (χ1n) is 1.52. The van der Waals surface area contributed by atoms with Crippen molar-refractivity contribution in [1.29, 1.82) is 0 Å². The van der Waals surface area contributed by atoms with Gasteiger partial charge in [0.1, 0.15) is 0 Å². The van der Waals surface area contributed by atoms with Gasteiger partial charge in [0.25, 0.3) is 6.01 Å². The van der Waals surface area contributed by atoms with E-state index in [0.29, 0.717) is 0 Å². The highest BCUT2D eigenvalue weighted by molar-refractivity contribution is 4.63. The van der Waals surface area contributed by atoms with Gasteiger partial charge in [0.2, 0.25) is 0 Å². The van der Waals surface area contributed by atoms with Crippen LogP contribution in [0.15, 0.2) is 12.6 Å². The Morgan fingerprint density at radius 2 is 1.75 bits per heavy atom. The van der Waals surface area contributed by atoms with Crippen molar-refractivity contribution >= 4 is 0 Å². The smallest absolute Gasteiger partial charge is 0.379 e. The zero-order valence-corrected chi connectivity index (χ0v) is 3.63. The fraction of sp³-hybridized carbons (Fsp3) is 0.333. The molecule has 0 aliphatic heterocycles. The first-order chi connectivity index (χ1) is 3.42. The molecule has 0 aliphatic carbocycles. The van der Waals surface area contributed by atoms with Gasteiger partial charge in [-0.3, -0.25) is 0 Å². The maximum Gasteiger partial charge on any atom is 0.574 e. The first kappa shape index (κ1) is 7.26. The first-order valence-corrected chi connectivity index (χ1v) is 1.52. The van der Waals surface area contributed by atoms with Crippen molar-refractivity contribution in [3.8, 4) is 0 Å². The van der Waals surface area contributed by atoms with Crippen molar-refractivity contribution in [3.63, 3.8) is 0 Å². The SMILES string of the molecule is C=C(F)OC(F)(F)F. The van der Waals surface area contributed by atoms with Gasteiger partial charge in [-0.05, 0) is 6.58 Å². The Morgan fingerprint density at radius 3 is 1.75 bits per heavy atom. The summed E-state index contributed by atoms with van der Waals surface area (Å²) < 4.78 is 46.0. The second kappa shape index (κ2) is 2.02. The van der Waals surface area contributed by atoms with Gasteiger partial charge in [0, 0.05) is 0 Å². The Morgan fingerprint density at radius 1 is 1.38 bits per heavy atom. The largest absolute Gasteiger partial charge is 0.574 e. The standard InChI is InChI=1S/C3H2F4O/c1-2(4)8-3(5,6)7/h1H2. The monoisotopic (exact) mass is 130 g/mol. The molecule has 5 heteroatoms. The molecule has 0 N–H and O–H groups in total. The molecular formula is C3H2F4O. The van der Waals surface area contributed by atoms with Gasteiger partial charge in [-0.1, -0.05) is 0 Å². The summed E-state index contributed by atoms with van der Waals surface area (Å²) in [7, 11) is 0. The zero-order chi connectivity index (χ0) is 6.78. The molecule has 0 radical (unpaired) electrons. The fourth-order valence-electron chi connectivity index (χ4n) is 0.126. The van der Waals surface area contributed by atoms with E-state index in [1.807, 2.05) is 0 Å². The Labute approximate surface area is 42.6 Å². The molecule has 0 amide bonds. The molecule has 48 valence electrons. The van der Waals surface area contributed by atoms with Gasteiger partial charge in [-0.15, -0.1) is 13.2 Å². The normalized spacial score (nSPS) is 11.0. The van der Waals surface area contributed by atoms with Crippen LogP contribution in [0.1, 0.15) is 0 Å². The van der Waals surface area contributed by atoms with Gasteiger partial charge in [0.05, 0.1) is 0 Å². The van der Waals surface area contributed by atoms with Crippen molar-refractivity contribution < 1.29 is 22.3 Å². The molecule has 0 saturated carbocycles. The number of rotatable bonds is 1. The average Bonchev–Trinajstić information content (AvgIpc) is 1.21. The fourth-order valence-corrected chi connectivity index (χ4v) is 0.126. The van der Waals surface area contributed by atoms with E-state index in [1.54, 1.807) is 0 Å². The molecule has 0 spiro atoms. The Bertz CT molecular complexity index is 93.9. The minimum atomic E-state index is -4.95. The predicted molar refractivity (Wildman–Crippen MR) is 17.4 cm³/mol. The summed E-state index contributed by atoms with van der Waals surface area (Å²) in [6.07, 6.45) is -4.95. The molecule has 0 aromatic rings. The third-order valence-electron chi connectivity index (χ3n) is 0.226. The van der Waals surface area contributed by atoms with Crippen LogP contribution in [0.5, 0.6) is 0 Å². The lowest BCUT2D eigenvalue weighted by Gasteiger charge is -2.02. The molecular weight excluding hydrogens is 128 g/mol. The highest BCUT2D eigenvalue weighted by Gasteiger charge is 2.31. The van der Waals surface area contributed by atoms with Gasteiger partial charge in [-0.2, -0.15) is 4.39 Å². The second-order valence-corrected chi connectivity index (χ2v) is 0.903. The minimum Gasteiger partial charge on any atom is -0.379 e. The average molecular weight is 130 g/mol. The Hall–Kier alpha value is -0.740. The summed E-state index contributed by atoms with van der Waals surface area (Å²) in [5, 5.41) is 0. The predicted octanol–water partition coefficient (Wildman–Crippen LogP) is 1.96. The second-order valence-electron chi connectivity index (χ2n) is 0.903.